The number of nitrogens with zero attached hydrogens (tertiary/aromatic N) is 1. The number of rotatable bonds is 1. The zero-order valence-corrected chi connectivity index (χ0v) is 11.7. The molecule has 2 rings (SSSR count). The number of aromatic nitrogens is 1. The zero-order chi connectivity index (χ0) is 10.3. The topological polar surface area (TPSA) is 4.93 Å². The normalized spacial score (nSPS) is 11.5. The Balaban J connectivity index is 0.00000112. The summed E-state index contributed by atoms with van der Waals surface area (Å²) >= 11 is 0. The van der Waals surface area contributed by atoms with Crippen molar-refractivity contribution in [2.75, 3.05) is 0 Å². The fourth-order valence-electron chi connectivity index (χ4n) is 1.48. The number of fused-ring (bicyclic) bond motifs is 1. The van der Waals surface area contributed by atoms with Gasteiger partial charge in [0.05, 0.1) is 0 Å². The van der Waals surface area contributed by atoms with Crippen LogP contribution in [0.15, 0.2) is 30.5 Å². The maximum absolute atomic E-state index is 12.4. The van der Waals surface area contributed by atoms with E-state index in [1.807, 2.05) is 0 Å². The van der Waals surface area contributed by atoms with Gasteiger partial charge in [0.25, 0.3) is 0 Å². The molecule has 1 nitrogen and oxygen atoms in total. The van der Waals surface area contributed by atoms with Crippen LogP contribution in [0, 0.1) is 0 Å². The van der Waals surface area contributed by atoms with Crippen LogP contribution in [0.25, 0.3) is 10.9 Å². The van der Waals surface area contributed by atoms with Crippen molar-refractivity contribution >= 4 is 23.3 Å². The zero-order valence-electron chi connectivity index (χ0n) is 8.55. The smallest absolute Gasteiger partial charge is 0.445 e. The fourth-order valence-corrected chi connectivity index (χ4v) is 1.48. The van der Waals surface area contributed by atoms with Crippen LogP contribution in [-0.4, -0.2) is 11.5 Å². The van der Waals surface area contributed by atoms with Crippen molar-refractivity contribution < 1.29 is 64.3 Å². The van der Waals surface area contributed by atoms with Crippen molar-refractivity contribution in [1.29, 1.82) is 0 Å². The van der Waals surface area contributed by atoms with E-state index in [0.717, 1.165) is 11.5 Å². The van der Waals surface area contributed by atoms with Gasteiger partial charge in [-0.1, -0.05) is 18.2 Å². The van der Waals surface area contributed by atoms with Gasteiger partial charge in [-0.3, -0.25) is 0 Å². The molecule has 0 saturated carbocycles. The van der Waals surface area contributed by atoms with Gasteiger partial charge in [-0.05, 0) is 11.5 Å². The van der Waals surface area contributed by atoms with Gasteiger partial charge in [0.15, 0.2) is 0 Å². The Morgan fingerprint density at radius 3 is 2.40 bits per heavy atom. The van der Waals surface area contributed by atoms with Gasteiger partial charge in [-0.2, -0.15) is 0 Å². The molecule has 0 radical (unpaired) electrons. The van der Waals surface area contributed by atoms with Gasteiger partial charge in [0.2, 0.25) is 0 Å². The summed E-state index contributed by atoms with van der Waals surface area (Å²) in [5.41, 5.74) is 0.0704. The summed E-state index contributed by atoms with van der Waals surface area (Å²) in [6, 6.07) is 5.61. The van der Waals surface area contributed by atoms with Crippen LogP contribution >= 0.6 is 0 Å². The van der Waals surface area contributed by atoms with Crippen molar-refractivity contribution in [1.82, 2.24) is 4.57 Å². The minimum atomic E-state index is -4.89. The van der Waals surface area contributed by atoms with E-state index < -0.39 is 12.4 Å². The molecule has 0 saturated heterocycles. The Labute approximate surface area is 128 Å². The molecule has 6 heteroatoms. The second-order valence-corrected chi connectivity index (χ2v) is 3.32. The molecule has 0 spiro atoms. The Hall–Kier alpha value is 0.251. The minimum Gasteiger partial charge on any atom is -0.445 e. The first-order valence-corrected chi connectivity index (χ1v) is 4.23. The summed E-state index contributed by atoms with van der Waals surface area (Å²) in [6.45, 7) is -4.89. The summed E-state index contributed by atoms with van der Waals surface area (Å²) in [4.78, 5) is 0. The van der Waals surface area contributed by atoms with Crippen molar-refractivity contribution in [2.45, 2.75) is 0 Å². The number of aryl methyl sites for hydroxylation is 1. The molecule has 0 aliphatic heterocycles. The van der Waals surface area contributed by atoms with Crippen LogP contribution in [0.4, 0.5) is 12.9 Å². The van der Waals surface area contributed by atoms with Crippen LogP contribution in [-0.2, 0) is 7.05 Å². The molecule has 1 aromatic heterocycles. The maximum Gasteiger partial charge on any atom is 1.00 e. The average molecular weight is 237 g/mol. The molecule has 0 amide bonds. The first kappa shape index (κ1) is 13.3. The van der Waals surface area contributed by atoms with Gasteiger partial charge >= 0.3 is 58.4 Å². The predicted octanol–water partition coefficient (Wildman–Crippen LogP) is -0.763. The minimum absolute atomic E-state index is 0. The molecular weight excluding hydrogens is 229 g/mol. The Morgan fingerprint density at radius 2 is 1.80 bits per heavy atom. The summed E-state index contributed by atoms with van der Waals surface area (Å²) in [5.74, 6) is 0. The largest absolute Gasteiger partial charge is 1.00 e. The fraction of sp³-hybridized carbons (Fsp3) is 0.111. The van der Waals surface area contributed by atoms with Gasteiger partial charge < -0.3 is 17.5 Å². The quantitative estimate of drug-likeness (QED) is 0.574. The summed E-state index contributed by atoms with van der Waals surface area (Å²) in [5, 5.41) is 0.830. The van der Waals surface area contributed by atoms with E-state index in [2.05, 4.69) is 0 Å². The Morgan fingerprint density at radius 1 is 1.13 bits per heavy atom. The van der Waals surface area contributed by atoms with Crippen molar-refractivity contribution in [3.8, 4) is 0 Å². The third kappa shape index (κ3) is 2.68. The number of hydrogen-bond donors (Lipinski definition) is 0. The van der Waals surface area contributed by atoms with Crippen molar-refractivity contribution in [2.24, 2.45) is 7.05 Å². The van der Waals surface area contributed by atoms with Gasteiger partial charge in [0, 0.05) is 18.8 Å². The summed E-state index contributed by atoms with van der Waals surface area (Å²) in [6.07, 6.45) is 1.75. The molecule has 1 aromatic carbocycles. The van der Waals surface area contributed by atoms with Crippen molar-refractivity contribution in [3.05, 3.63) is 30.5 Å². The SMILES string of the molecule is Cn1ccc2ccc([B-](F)(F)F)cc21.[K+]. The predicted molar refractivity (Wildman–Crippen MR) is 51.6 cm³/mol. The molecule has 0 atom stereocenters. The van der Waals surface area contributed by atoms with Crippen LogP contribution < -0.4 is 56.8 Å². The first-order chi connectivity index (χ1) is 6.48. The monoisotopic (exact) mass is 237 g/mol. The molecule has 1 heterocycles. The van der Waals surface area contributed by atoms with Crippen LogP contribution in [0.3, 0.4) is 0 Å². The summed E-state index contributed by atoms with van der Waals surface area (Å²) < 4.78 is 38.9. The van der Waals surface area contributed by atoms with Gasteiger partial charge in [0.1, 0.15) is 0 Å². The molecule has 0 bridgehead atoms. The van der Waals surface area contributed by atoms with Crippen LogP contribution in [0.2, 0.25) is 0 Å². The van der Waals surface area contributed by atoms with E-state index >= 15 is 0 Å². The van der Waals surface area contributed by atoms with Gasteiger partial charge in [-0.25, -0.2) is 0 Å². The summed E-state index contributed by atoms with van der Waals surface area (Å²) in [7, 11) is 1.73. The molecule has 0 aliphatic carbocycles. The molecule has 0 unspecified atom stereocenters. The molecule has 74 valence electrons. The number of benzene rings is 1. The van der Waals surface area contributed by atoms with E-state index in [4.69, 9.17) is 0 Å². The van der Waals surface area contributed by atoms with E-state index in [-0.39, 0.29) is 51.4 Å². The van der Waals surface area contributed by atoms with E-state index in [1.54, 1.807) is 23.9 Å². The molecule has 15 heavy (non-hydrogen) atoms. The molecule has 2 aromatic rings. The van der Waals surface area contributed by atoms with E-state index in [0.29, 0.717) is 5.52 Å². The van der Waals surface area contributed by atoms with Crippen LogP contribution in [0.5, 0.6) is 0 Å². The van der Waals surface area contributed by atoms with Crippen LogP contribution in [0.1, 0.15) is 0 Å². The second kappa shape index (κ2) is 4.63. The van der Waals surface area contributed by atoms with E-state index in [1.165, 1.54) is 12.1 Å². The van der Waals surface area contributed by atoms with Crippen molar-refractivity contribution in [3.63, 3.8) is 0 Å². The number of halogens is 3. The third-order valence-electron chi connectivity index (χ3n) is 2.29. The average Bonchev–Trinajstić information content (AvgIpc) is 2.46. The Bertz CT molecular complexity index is 478. The second-order valence-electron chi connectivity index (χ2n) is 3.32. The van der Waals surface area contributed by atoms with Gasteiger partial charge in [-0.15, -0.1) is 5.46 Å². The maximum atomic E-state index is 12.4. The first-order valence-electron chi connectivity index (χ1n) is 4.23. The molecule has 0 fully saturated rings. The standard InChI is InChI=1S/C9H8BF3N.K/c1-14-5-4-7-2-3-8(6-9(7)14)10(11,12)13;/h2-6H,1H3;/q-1;+1. The molecular formula is C9H8BF3KN. The number of hydrogen-bond acceptors (Lipinski definition) is 0. The van der Waals surface area contributed by atoms with E-state index in [9.17, 15) is 12.9 Å². The molecule has 0 N–H and O–H groups in total. The molecule has 0 aliphatic rings. The Kier molecular flexibility index (Phi) is 4.11. The third-order valence-corrected chi connectivity index (χ3v) is 2.29.